The number of carbonyl (C=O) groups is 2. The van der Waals surface area contributed by atoms with Crippen LogP contribution in [0, 0.1) is 5.92 Å². The Kier molecular flexibility index (Phi) is 8.48. The van der Waals surface area contributed by atoms with Gasteiger partial charge in [-0.25, -0.2) is 0 Å². The lowest BCUT2D eigenvalue weighted by Crippen LogP contribution is -2.41. The summed E-state index contributed by atoms with van der Waals surface area (Å²) in [6, 6.07) is 5.30. The van der Waals surface area contributed by atoms with Crippen molar-refractivity contribution in [3.63, 3.8) is 0 Å². The SMILES string of the molecule is CCN[C@H](C)CNC(=O)C1CC(=O)N(c2cc(Cl)ccc2OC)C1.Cl. The highest BCUT2D eigenvalue weighted by Crippen LogP contribution is 2.35. The molecule has 0 bridgehead atoms. The third kappa shape index (κ3) is 5.49. The van der Waals surface area contributed by atoms with Gasteiger partial charge in [0, 0.05) is 30.6 Å². The van der Waals surface area contributed by atoms with Gasteiger partial charge in [0.05, 0.1) is 18.7 Å². The van der Waals surface area contributed by atoms with Crippen LogP contribution in [0.3, 0.4) is 0 Å². The van der Waals surface area contributed by atoms with Gasteiger partial charge in [0.15, 0.2) is 0 Å². The zero-order valence-corrected chi connectivity index (χ0v) is 16.2. The second-order valence-electron chi connectivity index (χ2n) is 5.93. The van der Waals surface area contributed by atoms with E-state index in [0.29, 0.717) is 29.5 Å². The van der Waals surface area contributed by atoms with Gasteiger partial charge in [0.2, 0.25) is 11.8 Å². The standard InChI is InChI=1S/C17H24ClN3O3.ClH/c1-4-19-11(2)9-20-17(23)12-7-16(22)21(10-12)14-8-13(18)5-6-15(14)24-3;/h5-6,8,11-12,19H,4,7,9-10H2,1-3H3,(H,20,23);1H/t11-,12?;/m1./s1. The first kappa shape index (κ1) is 21.5. The molecule has 1 saturated heterocycles. The molecule has 0 aromatic heterocycles. The van der Waals surface area contributed by atoms with E-state index in [4.69, 9.17) is 16.3 Å². The number of anilines is 1. The van der Waals surface area contributed by atoms with E-state index in [9.17, 15) is 9.59 Å². The summed E-state index contributed by atoms with van der Waals surface area (Å²) in [5.74, 6) is -0.00311. The Morgan fingerprint density at radius 2 is 2.20 bits per heavy atom. The molecule has 0 radical (unpaired) electrons. The van der Waals surface area contributed by atoms with Gasteiger partial charge < -0.3 is 20.3 Å². The highest BCUT2D eigenvalue weighted by atomic mass is 35.5. The Bertz CT molecular complexity index is 613. The van der Waals surface area contributed by atoms with Crippen molar-refractivity contribution in [3.8, 4) is 5.75 Å². The smallest absolute Gasteiger partial charge is 0.227 e. The third-order valence-corrected chi connectivity index (χ3v) is 4.30. The summed E-state index contributed by atoms with van der Waals surface area (Å²) in [6.45, 7) is 5.74. The molecule has 1 aromatic rings. The molecule has 6 nitrogen and oxygen atoms in total. The molecule has 0 aliphatic carbocycles. The fourth-order valence-corrected chi connectivity index (χ4v) is 2.98. The molecule has 1 aliphatic heterocycles. The van der Waals surface area contributed by atoms with Crippen LogP contribution in [0.2, 0.25) is 5.02 Å². The molecular formula is C17H25Cl2N3O3. The molecule has 2 amide bonds. The van der Waals surface area contributed by atoms with E-state index in [1.54, 1.807) is 30.2 Å². The van der Waals surface area contributed by atoms with Gasteiger partial charge in [-0.2, -0.15) is 0 Å². The zero-order chi connectivity index (χ0) is 17.7. The molecule has 2 atom stereocenters. The van der Waals surface area contributed by atoms with E-state index in [2.05, 4.69) is 10.6 Å². The quantitative estimate of drug-likeness (QED) is 0.749. The number of likely N-dealkylation sites (N-methyl/N-ethyl adjacent to an activating group) is 1. The lowest BCUT2D eigenvalue weighted by molar-refractivity contribution is -0.126. The van der Waals surface area contributed by atoms with Gasteiger partial charge in [-0.15, -0.1) is 12.4 Å². The molecule has 0 spiro atoms. The van der Waals surface area contributed by atoms with Gasteiger partial charge in [-0.3, -0.25) is 9.59 Å². The first-order valence-corrected chi connectivity index (χ1v) is 8.49. The molecule has 1 heterocycles. The second kappa shape index (κ2) is 9.85. The average molecular weight is 390 g/mol. The Morgan fingerprint density at radius 3 is 2.84 bits per heavy atom. The molecule has 1 unspecified atom stereocenters. The molecule has 2 N–H and O–H groups in total. The van der Waals surface area contributed by atoms with E-state index in [1.165, 1.54) is 0 Å². The summed E-state index contributed by atoms with van der Waals surface area (Å²) in [5.41, 5.74) is 0.603. The lowest BCUT2D eigenvalue weighted by Gasteiger charge is -2.20. The van der Waals surface area contributed by atoms with Crippen LogP contribution in [-0.4, -0.2) is 44.6 Å². The Labute approximate surface area is 159 Å². The first-order valence-electron chi connectivity index (χ1n) is 8.11. The normalized spacial score (nSPS) is 17.8. The minimum absolute atomic E-state index is 0. The van der Waals surface area contributed by atoms with Crippen molar-refractivity contribution in [2.75, 3.05) is 31.6 Å². The number of ether oxygens (including phenoxy) is 1. The maximum absolute atomic E-state index is 12.3. The molecule has 1 aromatic carbocycles. The van der Waals surface area contributed by atoms with Crippen LogP contribution in [-0.2, 0) is 9.59 Å². The highest BCUT2D eigenvalue weighted by molar-refractivity contribution is 6.31. The number of amides is 2. The van der Waals surface area contributed by atoms with Gasteiger partial charge in [-0.1, -0.05) is 18.5 Å². The predicted octanol–water partition coefficient (Wildman–Crippen LogP) is 2.24. The van der Waals surface area contributed by atoms with Gasteiger partial charge in [0.25, 0.3) is 0 Å². The van der Waals surface area contributed by atoms with Crippen LogP contribution >= 0.6 is 24.0 Å². The number of nitrogens with zero attached hydrogens (tertiary/aromatic N) is 1. The number of rotatable bonds is 7. The van der Waals surface area contributed by atoms with Crippen molar-refractivity contribution < 1.29 is 14.3 Å². The van der Waals surface area contributed by atoms with Crippen molar-refractivity contribution >= 4 is 41.5 Å². The second-order valence-corrected chi connectivity index (χ2v) is 6.36. The van der Waals surface area contributed by atoms with Gasteiger partial charge in [0.1, 0.15) is 5.75 Å². The molecule has 140 valence electrons. The highest BCUT2D eigenvalue weighted by Gasteiger charge is 2.36. The van der Waals surface area contributed by atoms with E-state index < -0.39 is 0 Å². The molecule has 1 fully saturated rings. The summed E-state index contributed by atoms with van der Waals surface area (Å²) in [6.07, 6.45) is 0.192. The Balaban J connectivity index is 0.00000312. The number of hydrogen-bond donors (Lipinski definition) is 2. The minimum atomic E-state index is -0.366. The van der Waals surface area contributed by atoms with E-state index >= 15 is 0 Å². The van der Waals surface area contributed by atoms with E-state index in [0.717, 1.165) is 6.54 Å². The van der Waals surface area contributed by atoms with Crippen LogP contribution in [0.15, 0.2) is 18.2 Å². The summed E-state index contributed by atoms with van der Waals surface area (Å²) < 4.78 is 5.30. The Hall–Kier alpha value is -1.50. The maximum atomic E-state index is 12.3. The minimum Gasteiger partial charge on any atom is -0.495 e. The van der Waals surface area contributed by atoms with Crippen LogP contribution < -0.4 is 20.3 Å². The fourth-order valence-electron chi connectivity index (χ4n) is 2.81. The summed E-state index contributed by atoms with van der Waals surface area (Å²) in [4.78, 5) is 26.2. The number of methoxy groups -OCH3 is 1. The number of carbonyl (C=O) groups excluding carboxylic acids is 2. The summed E-state index contributed by atoms with van der Waals surface area (Å²) >= 11 is 6.03. The van der Waals surface area contributed by atoms with Crippen LogP contribution in [0.1, 0.15) is 20.3 Å². The molecule has 8 heteroatoms. The fraction of sp³-hybridized carbons (Fsp3) is 0.529. The summed E-state index contributed by atoms with van der Waals surface area (Å²) in [7, 11) is 1.54. The van der Waals surface area contributed by atoms with Crippen molar-refractivity contribution in [1.29, 1.82) is 0 Å². The van der Waals surface area contributed by atoms with Crippen LogP contribution in [0.5, 0.6) is 5.75 Å². The third-order valence-electron chi connectivity index (χ3n) is 4.06. The topological polar surface area (TPSA) is 70.7 Å². The van der Waals surface area contributed by atoms with E-state index in [1.807, 2.05) is 13.8 Å². The molecule has 0 saturated carbocycles. The average Bonchev–Trinajstić information content (AvgIpc) is 2.94. The van der Waals surface area contributed by atoms with Crippen molar-refractivity contribution in [1.82, 2.24) is 10.6 Å². The van der Waals surface area contributed by atoms with Crippen molar-refractivity contribution in [3.05, 3.63) is 23.2 Å². The summed E-state index contributed by atoms with van der Waals surface area (Å²) in [5, 5.41) is 6.66. The van der Waals surface area contributed by atoms with Gasteiger partial charge >= 0.3 is 0 Å². The number of hydrogen-bond acceptors (Lipinski definition) is 4. The van der Waals surface area contributed by atoms with E-state index in [-0.39, 0.29) is 42.6 Å². The van der Waals surface area contributed by atoms with Crippen molar-refractivity contribution in [2.45, 2.75) is 26.3 Å². The lowest BCUT2D eigenvalue weighted by atomic mass is 10.1. The number of halogens is 2. The van der Waals surface area contributed by atoms with Crippen LogP contribution in [0.25, 0.3) is 0 Å². The van der Waals surface area contributed by atoms with Crippen molar-refractivity contribution in [2.24, 2.45) is 5.92 Å². The first-order chi connectivity index (χ1) is 11.5. The molecule has 2 rings (SSSR count). The van der Waals surface area contributed by atoms with Crippen LogP contribution in [0.4, 0.5) is 5.69 Å². The molecule has 1 aliphatic rings. The van der Waals surface area contributed by atoms with Gasteiger partial charge in [-0.05, 0) is 31.7 Å². The zero-order valence-electron chi connectivity index (χ0n) is 14.7. The monoisotopic (exact) mass is 389 g/mol. The number of nitrogens with one attached hydrogen (secondary N) is 2. The molecular weight excluding hydrogens is 365 g/mol. The largest absolute Gasteiger partial charge is 0.495 e. The predicted molar refractivity (Wildman–Crippen MR) is 102 cm³/mol. The molecule has 25 heavy (non-hydrogen) atoms. The number of benzene rings is 1. The maximum Gasteiger partial charge on any atom is 0.227 e. The Morgan fingerprint density at radius 1 is 1.48 bits per heavy atom.